The summed E-state index contributed by atoms with van der Waals surface area (Å²) in [6, 6.07) is 125. The minimum absolute atomic E-state index is 0.130. The van der Waals surface area contributed by atoms with Gasteiger partial charge in [-0.3, -0.25) is 0 Å². The van der Waals surface area contributed by atoms with E-state index in [-0.39, 0.29) is 21.7 Å². The fraction of sp³-hybridized carbons (Fsp3) is 0.111. The lowest BCUT2D eigenvalue weighted by molar-refractivity contribution is 0.424. The Hall–Kier alpha value is -12.0. The fourth-order valence-electron chi connectivity index (χ4n) is 19.1. The first-order valence-electron chi connectivity index (χ1n) is 39.9. The van der Waals surface area contributed by atoms with E-state index in [1.807, 2.05) is 24.3 Å². The van der Waals surface area contributed by atoms with Crippen molar-refractivity contribution in [2.75, 3.05) is 0 Å². The van der Waals surface area contributed by atoms with Crippen LogP contribution in [-0.2, 0) is 21.7 Å². The van der Waals surface area contributed by atoms with Crippen molar-refractivity contribution in [2.24, 2.45) is 0 Å². The number of hydrogen-bond acceptors (Lipinski definition) is 4. The van der Waals surface area contributed by atoms with Gasteiger partial charge in [-0.15, -0.1) is 0 Å². The summed E-state index contributed by atoms with van der Waals surface area (Å²) in [5.74, 6) is 0. The first-order chi connectivity index (χ1) is 55.6. The zero-order valence-corrected chi connectivity index (χ0v) is 67.3. The third-order valence-electron chi connectivity index (χ3n) is 25.6. The standard InChI is InChI=1S/C62H46.C30H28B2O4.C16H11Br/c1-61(2)57-35-45(39-19-23-43(24-20-39)51-17-9-13-41-11-5-7-15-49(41)51)27-31-53(57)55-33-29-47(37-59(55)61)48-30-34-56-54-32-28-46(36-58(54)62(3,4)60(56)38-48)40-21-25-44(26-22-40)52-18-10-14-42-12-6-8-16-50(42)52;1-29(2)25-13-17(5-9-21(25)23-11-7-19(31(33)34)15-27(23)29)18-6-10-22-24-12-8-20(32(35)36)16-28(24)30(3,4)26(22)14-18;17-14-10-8-13(9-11-14)16-7-3-5-12-4-1-2-6-15(12)16/h5-38H,1-4H3;5-16,33-36H,1-4H3;1-11H. The molecule has 0 aromatic heterocycles. The molecule has 0 heterocycles. The average molecular weight is 1550 g/mol. The van der Waals surface area contributed by atoms with Crippen LogP contribution in [0.5, 0.6) is 0 Å². The molecular formula is C108H85B2BrO4. The Morgan fingerprint density at radius 2 is 0.391 bits per heavy atom. The quantitative estimate of drug-likeness (QED) is 0.109. The zero-order chi connectivity index (χ0) is 79.0. The van der Waals surface area contributed by atoms with E-state index >= 15 is 0 Å². The number of rotatable bonds is 9. The largest absolute Gasteiger partial charge is 0.488 e. The molecule has 0 bridgehead atoms. The molecule has 4 aliphatic carbocycles. The Morgan fingerprint density at radius 3 is 0.652 bits per heavy atom. The first kappa shape index (κ1) is 73.2. The topological polar surface area (TPSA) is 80.9 Å². The number of hydrogen-bond donors (Lipinski definition) is 4. The average Bonchev–Trinajstić information content (AvgIpc) is 1.58. The van der Waals surface area contributed by atoms with Crippen LogP contribution in [0.25, 0.3) is 155 Å². The van der Waals surface area contributed by atoms with Crippen molar-refractivity contribution in [1.82, 2.24) is 0 Å². The van der Waals surface area contributed by atoms with Crippen molar-refractivity contribution in [3.63, 3.8) is 0 Å². The summed E-state index contributed by atoms with van der Waals surface area (Å²) in [6.45, 7) is 18.3. The maximum absolute atomic E-state index is 9.69. The van der Waals surface area contributed by atoms with Crippen LogP contribution in [0.2, 0.25) is 0 Å². The Labute approximate surface area is 682 Å². The van der Waals surface area contributed by atoms with E-state index in [1.54, 1.807) is 12.1 Å². The maximum atomic E-state index is 9.69. The number of benzene rings is 17. The normalized spacial score (nSPS) is 14.1. The van der Waals surface area contributed by atoms with Crippen LogP contribution in [0, 0.1) is 0 Å². The molecule has 0 saturated heterocycles. The molecule has 0 spiro atoms. The molecule has 0 unspecified atom stereocenters. The summed E-state index contributed by atoms with van der Waals surface area (Å²) in [5.41, 5.74) is 37.9. The van der Waals surface area contributed by atoms with Gasteiger partial charge in [0.25, 0.3) is 0 Å². The van der Waals surface area contributed by atoms with E-state index in [9.17, 15) is 20.1 Å². The second-order valence-electron chi connectivity index (χ2n) is 33.7. The lowest BCUT2D eigenvalue weighted by Gasteiger charge is -2.24. The SMILES string of the molecule is Brc1ccc(-c2cccc3ccccc23)cc1.CC1(C)c2cc(-c3ccc(-c4cccc5ccccc45)cc3)ccc2-c2ccc(-c3ccc4c(c3)C(C)(C)c3cc(-c5ccc(-c6cccc7ccccc67)cc5)ccc3-4)cc21.CC1(C)c2cc(B(O)O)ccc2-c2ccc(-c3ccc4c(c3)C(C)(C)c3cc(B(O)O)ccc3-4)cc21. The van der Waals surface area contributed by atoms with Gasteiger partial charge in [-0.2, -0.15) is 0 Å². The molecule has 17 aromatic carbocycles. The van der Waals surface area contributed by atoms with Gasteiger partial charge in [-0.1, -0.05) is 369 Å². The van der Waals surface area contributed by atoms with Gasteiger partial charge in [0, 0.05) is 26.1 Å². The Balaban J connectivity index is 0.000000139. The van der Waals surface area contributed by atoms with Crippen LogP contribution in [-0.4, -0.2) is 34.3 Å². The predicted molar refractivity (Wildman–Crippen MR) is 488 cm³/mol. The van der Waals surface area contributed by atoms with Gasteiger partial charge in [0.15, 0.2) is 0 Å². The Morgan fingerprint density at radius 1 is 0.191 bits per heavy atom. The molecule has 4 N–H and O–H groups in total. The van der Waals surface area contributed by atoms with Crippen LogP contribution in [0.3, 0.4) is 0 Å². The predicted octanol–water partition coefficient (Wildman–Crippen LogP) is 25.5. The summed E-state index contributed by atoms with van der Waals surface area (Å²) in [4.78, 5) is 0. The second-order valence-corrected chi connectivity index (χ2v) is 34.6. The highest BCUT2D eigenvalue weighted by molar-refractivity contribution is 9.10. The van der Waals surface area contributed by atoms with Crippen molar-refractivity contribution >= 4 is 73.4 Å². The summed E-state index contributed by atoms with van der Waals surface area (Å²) in [5, 5.41) is 46.5. The summed E-state index contributed by atoms with van der Waals surface area (Å²) >= 11 is 3.47. The third kappa shape index (κ3) is 12.5. The van der Waals surface area contributed by atoms with Crippen LogP contribution in [0.1, 0.15) is 99.9 Å². The lowest BCUT2D eigenvalue weighted by Crippen LogP contribution is -2.31. The highest BCUT2D eigenvalue weighted by atomic mass is 79.9. The summed E-state index contributed by atoms with van der Waals surface area (Å²) < 4.78 is 1.11. The van der Waals surface area contributed by atoms with Crippen LogP contribution in [0.15, 0.2) is 350 Å². The molecule has 17 aromatic rings. The van der Waals surface area contributed by atoms with E-state index in [1.165, 1.54) is 166 Å². The smallest absolute Gasteiger partial charge is 0.423 e. The first-order valence-corrected chi connectivity index (χ1v) is 40.7. The van der Waals surface area contributed by atoms with Crippen LogP contribution in [0.4, 0.5) is 0 Å². The van der Waals surface area contributed by atoms with E-state index in [4.69, 9.17) is 0 Å². The molecule has 21 rings (SSSR count). The molecule has 4 aliphatic rings. The molecule has 0 saturated carbocycles. The van der Waals surface area contributed by atoms with Gasteiger partial charge >= 0.3 is 14.2 Å². The highest BCUT2D eigenvalue weighted by Gasteiger charge is 2.41. The molecule has 115 heavy (non-hydrogen) atoms. The van der Waals surface area contributed by atoms with Gasteiger partial charge in [-0.05, 0) is 259 Å². The highest BCUT2D eigenvalue weighted by Crippen LogP contribution is 2.56. The molecule has 0 aliphatic heterocycles. The van der Waals surface area contributed by atoms with Gasteiger partial charge < -0.3 is 20.1 Å². The molecule has 4 nitrogen and oxygen atoms in total. The van der Waals surface area contributed by atoms with Gasteiger partial charge in [0.2, 0.25) is 0 Å². The molecule has 0 radical (unpaired) electrons. The van der Waals surface area contributed by atoms with Crippen molar-refractivity contribution in [3.8, 4) is 122 Å². The van der Waals surface area contributed by atoms with Gasteiger partial charge in [0.1, 0.15) is 0 Å². The lowest BCUT2D eigenvalue weighted by atomic mass is 9.75. The van der Waals surface area contributed by atoms with Crippen molar-refractivity contribution < 1.29 is 20.1 Å². The van der Waals surface area contributed by atoms with Crippen molar-refractivity contribution in [2.45, 2.75) is 77.0 Å². The minimum atomic E-state index is -1.49. The fourth-order valence-corrected chi connectivity index (χ4v) is 19.4. The van der Waals surface area contributed by atoms with E-state index in [2.05, 4.69) is 381 Å². The van der Waals surface area contributed by atoms with Gasteiger partial charge in [-0.25, -0.2) is 0 Å². The molecule has 7 heteroatoms. The molecule has 0 fully saturated rings. The van der Waals surface area contributed by atoms with Crippen molar-refractivity contribution in [3.05, 3.63) is 395 Å². The molecule has 0 amide bonds. The third-order valence-corrected chi connectivity index (χ3v) is 26.1. The van der Waals surface area contributed by atoms with E-state index in [0.717, 1.165) is 37.9 Å². The number of halogens is 1. The van der Waals surface area contributed by atoms with E-state index in [0.29, 0.717) is 10.9 Å². The summed E-state index contributed by atoms with van der Waals surface area (Å²) in [7, 11) is -2.97. The second kappa shape index (κ2) is 28.2. The zero-order valence-electron chi connectivity index (χ0n) is 65.7. The van der Waals surface area contributed by atoms with Crippen molar-refractivity contribution in [1.29, 1.82) is 0 Å². The monoisotopic (exact) mass is 1550 g/mol. The van der Waals surface area contributed by atoms with E-state index < -0.39 is 14.2 Å². The minimum Gasteiger partial charge on any atom is -0.423 e. The van der Waals surface area contributed by atoms with Crippen LogP contribution >= 0.6 is 15.9 Å². The maximum Gasteiger partial charge on any atom is 0.488 e. The van der Waals surface area contributed by atoms with Gasteiger partial charge in [0.05, 0.1) is 0 Å². The Kier molecular flexibility index (Phi) is 17.9. The van der Waals surface area contributed by atoms with Crippen LogP contribution < -0.4 is 10.9 Å². The summed E-state index contributed by atoms with van der Waals surface area (Å²) in [6.07, 6.45) is 0. The molecule has 0 atom stereocenters. The number of fused-ring (bicyclic) bond motifs is 15. The molecular weight excluding hydrogens is 1460 g/mol. The Bertz CT molecular complexity index is 6420. The molecule has 554 valence electrons.